The number of benzene rings is 1. The number of carboxylic acid groups (broad SMARTS) is 1. The van der Waals surface area contributed by atoms with Crippen LogP contribution >= 0.6 is 31.9 Å². The summed E-state index contributed by atoms with van der Waals surface area (Å²) in [4.78, 5) is 30.8. The fraction of sp³-hybridized carbons (Fsp3) is 0. The normalized spacial score (nSPS) is 10.0. The fourth-order valence-electron chi connectivity index (χ4n) is 1.48. The zero-order chi connectivity index (χ0) is 15.4. The van der Waals surface area contributed by atoms with E-state index in [2.05, 4.69) is 52.5 Å². The minimum atomic E-state index is -1.16. The molecule has 0 aliphatic heterocycles. The number of rotatable bonds is 3. The number of carboxylic acids is 1. The van der Waals surface area contributed by atoms with Gasteiger partial charge in [0, 0.05) is 21.3 Å². The van der Waals surface area contributed by atoms with Crippen LogP contribution < -0.4 is 10.6 Å². The molecule has 0 spiro atoms. The predicted molar refractivity (Wildman–Crippen MR) is 83.5 cm³/mol. The maximum atomic E-state index is 11.9. The van der Waals surface area contributed by atoms with Crippen LogP contribution in [0.5, 0.6) is 0 Å². The second-order valence-corrected chi connectivity index (χ2v) is 5.54. The summed E-state index contributed by atoms with van der Waals surface area (Å²) in [7, 11) is 0. The van der Waals surface area contributed by atoms with Crippen LogP contribution in [-0.2, 0) is 0 Å². The Morgan fingerprint density at radius 2 is 1.76 bits per heavy atom. The molecule has 7 nitrogen and oxygen atoms in total. The van der Waals surface area contributed by atoms with Crippen molar-refractivity contribution in [1.82, 2.24) is 9.97 Å². The first-order chi connectivity index (χ1) is 9.97. The highest BCUT2D eigenvalue weighted by Gasteiger charge is 2.17. The molecule has 2 amide bonds. The number of carbonyl (C=O) groups excluding carboxylic acids is 1. The molecule has 21 heavy (non-hydrogen) atoms. The van der Waals surface area contributed by atoms with Crippen molar-refractivity contribution in [1.29, 1.82) is 0 Å². The molecule has 9 heteroatoms. The molecule has 0 bridgehead atoms. The molecule has 108 valence electrons. The number of halogens is 2. The number of nitrogens with one attached hydrogen (secondary N) is 2. The largest absolute Gasteiger partial charge is 0.478 e. The van der Waals surface area contributed by atoms with Crippen molar-refractivity contribution >= 4 is 55.5 Å². The van der Waals surface area contributed by atoms with E-state index in [9.17, 15) is 14.7 Å². The van der Waals surface area contributed by atoms with Gasteiger partial charge in [-0.15, -0.1) is 0 Å². The van der Waals surface area contributed by atoms with E-state index in [0.29, 0.717) is 8.95 Å². The van der Waals surface area contributed by atoms with E-state index in [1.807, 2.05) is 0 Å². The monoisotopic (exact) mass is 414 g/mol. The number of urea groups is 1. The van der Waals surface area contributed by atoms with Gasteiger partial charge in [-0.25, -0.2) is 19.6 Å². The fourth-order valence-corrected chi connectivity index (χ4v) is 2.80. The topological polar surface area (TPSA) is 104 Å². The van der Waals surface area contributed by atoms with Crippen LogP contribution in [0.25, 0.3) is 0 Å². The van der Waals surface area contributed by atoms with E-state index < -0.39 is 12.0 Å². The van der Waals surface area contributed by atoms with E-state index in [4.69, 9.17) is 0 Å². The van der Waals surface area contributed by atoms with E-state index >= 15 is 0 Å². The molecule has 1 aromatic heterocycles. The lowest BCUT2D eigenvalue weighted by Gasteiger charge is -2.11. The Morgan fingerprint density at radius 3 is 2.38 bits per heavy atom. The van der Waals surface area contributed by atoms with Gasteiger partial charge < -0.3 is 10.4 Å². The Balaban J connectivity index is 2.23. The first kappa shape index (κ1) is 15.4. The van der Waals surface area contributed by atoms with Gasteiger partial charge in [0.2, 0.25) is 5.95 Å². The lowest BCUT2D eigenvalue weighted by atomic mass is 10.2. The maximum Gasteiger partial charge on any atom is 0.337 e. The molecule has 2 aromatic rings. The third-order valence-electron chi connectivity index (χ3n) is 2.32. The molecule has 0 fully saturated rings. The van der Waals surface area contributed by atoms with Gasteiger partial charge in [0.25, 0.3) is 0 Å². The molecule has 0 saturated heterocycles. The quantitative estimate of drug-likeness (QED) is 0.712. The van der Waals surface area contributed by atoms with Crippen LogP contribution in [0.15, 0.2) is 39.5 Å². The van der Waals surface area contributed by atoms with Crippen LogP contribution in [0.2, 0.25) is 0 Å². The maximum absolute atomic E-state index is 11.9. The van der Waals surface area contributed by atoms with Crippen molar-refractivity contribution in [2.45, 2.75) is 0 Å². The molecule has 2 rings (SSSR count). The van der Waals surface area contributed by atoms with E-state index in [1.54, 1.807) is 12.1 Å². The average Bonchev–Trinajstić information content (AvgIpc) is 2.42. The minimum absolute atomic E-state index is 0.0552. The molecule has 0 aliphatic carbocycles. The summed E-state index contributed by atoms with van der Waals surface area (Å²) in [5, 5.41) is 14.0. The number of aromatic nitrogens is 2. The highest BCUT2D eigenvalue weighted by molar-refractivity contribution is 9.11. The Kier molecular flexibility index (Phi) is 4.86. The number of nitrogens with zero attached hydrogens (tertiary/aromatic N) is 2. The summed E-state index contributed by atoms with van der Waals surface area (Å²) in [5.74, 6) is -1.05. The second kappa shape index (κ2) is 6.64. The highest BCUT2D eigenvalue weighted by atomic mass is 79.9. The molecule has 0 unspecified atom stereocenters. The van der Waals surface area contributed by atoms with Gasteiger partial charge in [0.1, 0.15) is 0 Å². The molecule has 0 aliphatic rings. The van der Waals surface area contributed by atoms with Crippen molar-refractivity contribution in [2.24, 2.45) is 0 Å². The first-order valence-electron chi connectivity index (χ1n) is 5.54. The number of hydrogen-bond donors (Lipinski definition) is 3. The van der Waals surface area contributed by atoms with Crippen molar-refractivity contribution < 1.29 is 14.7 Å². The third kappa shape index (κ3) is 3.99. The van der Waals surface area contributed by atoms with Gasteiger partial charge in [0.15, 0.2) is 0 Å². The number of carbonyl (C=O) groups is 2. The van der Waals surface area contributed by atoms with Crippen molar-refractivity contribution in [3.8, 4) is 0 Å². The summed E-state index contributed by atoms with van der Waals surface area (Å²) in [6.45, 7) is 0. The molecular formula is C12H8Br2N4O3. The number of aromatic carboxylic acids is 1. The van der Waals surface area contributed by atoms with Gasteiger partial charge in [-0.1, -0.05) is 15.9 Å². The SMILES string of the molecule is O=C(Nc1ncccn1)Nc1c(Br)cc(Br)cc1C(=O)O. The Hall–Kier alpha value is -2.00. The zero-order valence-electron chi connectivity index (χ0n) is 10.3. The summed E-state index contributed by atoms with van der Waals surface area (Å²) < 4.78 is 1.00. The average molecular weight is 416 g/mol. The van der Waals surface area contributed by atoms with Crippen LogP contribution in [0, 0.1) is 0 Å². The van der Waals surface area contributed by atoms with Crippen LogP contribution in [0.3, 0.4) is 0 Å². The van der Waals surface area contributed by atoms with E-state index in [0.717, 1.165) is 0 Å². The minimum Gasteiger partial charge on any atom is -0.478 e. The summed E-state index contributed by atoms with van der Waals surface area (Å²) in [6, 6.07) is 3.98. The summed E-state index contributed by atoms with van der Waals surface area (Å²) in [6.07, 6.45) is 2.95. The van der Waals surface area contributed by atoms with Gasteiger partial charge in [-0.3, -0.25) is 5.32 Å². The van der Waals surface area contributed by atoms with Gasteiger partial charge in [-0.2, -0.15) is 0 Å². The number of hydrogen-bond acceptors (Lipinski definition) is 4. The van der Waals surface area contributed by atoms with Gasteiger partial charge >= 0.3 is 12.0 Å². The molecule has 1 heterocycles. The smallest absolute Gasteiger partial charge is 0.337 e. The lowest BCUT2D eigenvalue weighted by molar-refractivity contribution is 0.0698. The molecule has 3 N–H and O–H groups in total. The number of amides is 2. The predicted octanol–water partition coefficient (Wildman–Crippen LogP) is 3.34. The van der Waals surface area contributed by atoms with Crippen molar-refractivity contribution in [3.63, 3.8) is 0 Å². The van der Waals surface area contributed by atoms with Crippen LogP contribution in [-0.4, -0.2) is 27.1 Å². The van der Waals surface area contributed by atoms with E-state index in [-0.39, 0.29) is 17.2 Å². The highest BCUT2D eigenvalue weighted by Crippen LogP contribution is 2.30. The Bertz CT molecular complexity index is 694. The Morgan fingerprint density at radius 1 is 1.10 bits per heavy atom. The van der Waals surface area contributed by atoms with Crippen LogP contribution in [0.4, 0.5) is 16.4 Å². The van der Waals surface area contributed by atoms with Gasteiger partial charge in [0.05, 0.1) is 11.3 Å². The first-order valence-corrected chi connectivity index (χ1v) is 7.13. The molecule has 0 atom stereocenters. The van der Waals surface area contributed by atoms with Crippen molar-refractivity contribution in [3.05, 3.63) is 45.1 Å². The Labute approximate surface area is 136 Å². The zero-order valence-corrected chi connectivity index (χ0v) is 13.5. The molecule has 0 radical (unpaired) electrons. The third-order valence-corrected chi connectivity index (χ3v) is 3.40. The van der Waals surface area contributed by atoms with Gasteiger partial charge in [-0.05, 0) is 34.1 Å². The van der Waals surface area contributed by atoms with E-state index in [1.165, 1.54) is 18.5 Å². The standard InChI is InChI=1S/C12H8Br2N4O3/c13-6-4-7(10(19)20)9(8(14)5-6)17-12(21)18-11-15-2-1-3-16-11/h1-5H,(H,19,20)(H2,15,16,17,18,21). The lowest BCUT2D eigenvalue weighted by Crippen LogP contribution is -2.22. The van der Waals surface area contributed by atoms with Crippen molar-refractivity contribution in [2.75, 3.05) is 10.6 Å². The second-order valence-electron chi connectivity index (χ2n) is 3.77. The molecule has 1 aromatic carbocycles. The van der Waals surface area contributed by atoms with Crippen LogP contribution in [0.1, 0.15) is 10.4 Å². The molecular weight excluding hydrogens is 408 g/mol. The molecule has 0 saturated carbocycles. The number of anilines is 2. The summed E-state index contributed by atoms with van der Waals surface area (Å²) >= 11 is 6.41. The summed E-state index contributed by atoms with van der Waals surface area (Å²) in [5.41, 5.74) is 0.0829.